The molecule has 9 nitrogen and oxygen atoms in total. The highest BCUT2D eigenvalue weighted by Crippen LogP contribution is 2.36. The summed E-state index contributed by atoms with van der Waals surface area (Å²) in [6, 6.07) is 7.47. The number of urea groups is 1. The van der Waals surface area contributed by atoms with Crippen molar-refractivity contribution in [3.05, 3.63) is 51.9 Å². The number of ether oxygens (including phenoxy) is 2. The number of nitrogens with one attached hydrogen (secondary N) is 1. The van der Waals surface area contributed by atoms with Gasteiger partial charge in [-0.05, 0) is 24.5 Å². The average molecular weight is 412 g/mol. The van der Waals surface area contributed by atoms with Crippen molar-refractivity contribution >= 4 is 17.7 Å². The number of carboxylic acids is 1. The number of benzene rings is 1. The molecule has 3 heterocycles. The number of piperidine rings is 1. The number of hydrogen-bond donors (Lipinski definition) is 1. The monoisotopic (exact) mass is 412 g/mol. The molecule has 0 radical (unpaired) electrons. The molecule has 1 aromatic heterocycles. The highest BCUT2D eigenvalue weighted by molar-refractivity contribution is 6.00. The zero-order valence-electron chi connectivity index (χ0n) is 16.7. The number of rotatable bonds is 4. The molecule has 1 N–H and O–H groups in total. The van der Waals surface area contributed by atoms with Gasteiger partial charge in [0.1, 0.15) is 0 Å². The maximum atomic E-state index is 13.0. The van der Waals surface area contributed by atoms with E-state index in [1.54, 1.807) is 21.6 Å². The van der Waals surface area contributed by atoms with Gasteiger partial charge in [0.25, 0.3) is 5.56 Å². The van der Waals surface area contributed by atoms with Crippen molar-refractivity contribution < 1.29 is 24.2 Å². The zero-order chi connectivity index (χ0) is 21.4. The molecule has 158 valence electrons. The maximum absolute atomic E-state index is 13.0. The summed E-state index contributed by atoms with van der Waals surface area (Å²) in [6.07, 6.45) is 0.911. The number of hydrogen-bond acceptors (Lipinski definition) is 6. The minimum atomic E-state index is -1.44. The van der Waals surface area contributed by atoms with E-state index in [9.17, 15) is 19.5 Å². The lowest BCUT2D eigenvalue weighted by atomic mass is 9.83. The second kappa shape index (κ2) is 7.74. The van der Waals surface area contributed by atoms with Crippen LogP contribution in [0.4, 0.5) is 10.5 Å². The van der Waals surface area contributed by atoms with Gasteiger partial charge in [-0.25, -0.2) is 4.79 Å². The van der Waals surface area contributed by atoms with Crippen molar-refractivity contribution in [2.45, 2.75) is 18.9 Å². The van der Waals surface area contributed by atoms with Crippen LogP contribution >= 0.6 is 0 Å². The molecule has 9 heteroatoms. The van der Waals surface area contributed by atoms with Gasteiger partial charge >= 0.3 is 6.03 Å². The lowest BCUT2D eigenvalue weighted by molar-refractivity contribution is -0.254. The van der Waals surface area contributed by atoms with Crippen molar-refractivity contribution in [2.75, 3.05) is 32.6 Å². The smallest absolute Gasteiger partial charge is 0.321 e. The summed E-state index contributed by atoms with van der Waals surface area (Å²) in [4.78, 5) is 38.4. The summed E-state index contributed by atoms with van der Waals surface area (Å²) in [5, 5.41) is 14.2. The molecular formula is C21H22N3O6-. The van der Waals surface area contributed by atoms with E-state index < -0.39 is 12.0 Å². The molecule has 1 fully saturated rings. The van der Waals surface area contributed by atoms with E-state index in [1.807, 2.05) is 6.07 Å². The molecule has 2 aliphatic rings. The number of carboxylic acid groups (broad SMARTS) is 1. The molecule has 2 amide bonds. The molecule has 0 spiro atoms. The lowest BCUT2D eigenvalue weighted by Crippen LogP contribution is -2.50. The number of carbonyl (C=O) groups excluding carboxylic acids is 2. The van der Waals surface area contributed by atoms with Crippen LogP contribution in [0.2, 0.25) is 0 Å². The van der Waals surface area contributed by atoms with Gasteiger partial charge in [0.15, 0.2) is 11.5 Å². The van der Waals surface area contributed by atoms with Gasteiger partial charge < -0.3 is 34.2 Å². The van der Waals surface area contributed by atoms with Gasteiger partial charge in [0.05, 0.1) is 25.9 Å². The topological polar surface area (TPSA) is 113 Å². The van der Waals surface area contributed by atoms with Gasteiger partial charge in [-0.3, -0.25) is 4.79 Å². The van der Waals surface area contributed by atoms with Crippen molar-refractivity contribution in [2.24, 2.45) is 5.92 Å². The number of carbonyl (C=O) groups is 2. The SMILES string of the molecule is COc1cc(NC(=O)N2C[C@H]3C[C@H](C2)c2cccc(=O)n2C3)c(C(=O)[O-])cc1OC. The second-order valence-corrected chi connectivity index (χ2v) is 7.57. The zero-order valence-corrected chi connectivity index (χ0v) is 16.7. The average Bonchev–Trinajstić information content (AvgIpc) is 2.73. The summed E-state index contributed by atoms with van der Waals surface area (Å²) in [5.74, 6) is -0.697. The summed E-state index contributed by atoms with van der Waals surface area (Å²) < 4.78 is 12.1. The van der Waals surface area contributed by atoms with E-state index in [1.165, 1.54) is 26.4 Å². The van der Waals surface area contributed by atoms with Crippen molar-refractivity contribution in [3.8, 4) is 11.5 Å². The maximum Gasteiger partial charge on any atom is 0.321 e. The quantitative estimate of drug-likeness (QED) is 0.798. The molecular weight excluding hydrogens is 390 g/mol. The van der Waals surface area contributed by atoms with Crippen LogP contribution in [0.25, 0.3) is 0 Å². The third-order valence-electron chi connectivity index (χ3n) is 5.75. The van der Waals surface area contributed by atoms with Gasteiger partial charge in [-0.15, -0.1) is 0 Å². The number of likely N-dealkylation sites (tertiary alicyclic amines) is 1. The molecule has 1 aromatic carbocycles. The minimum absolute atomic E-state index is 0.0240. The summed E-state index contributed by atoms with van der Waals surface area (Å²) >= 11 is 0. The van der Waals surface area contributed by atoms with Crippen LogP contribution in [0.1, 0.15) is 28.4 Å². The number of methoxy groups -OCH3 is 2. The van der Waals surface area contributed by atoms with E-state index in [4.69, 9.17) is 9.47 Å². The number of pyridine rings is 1. The van der Waals surface area contributed by atoms with Gasteiger partial charge in [0, 0.05) is 48.9 Å². The number of anilines is 1. The first-order valence-electron chi connectivity index (χ1n) is 9.64. The number of amides is 2. The second-order valence-electron chi connectivity index (χ2n) is 7.57. The summed E-state index contributed by atoms with van der Waals surface area (Å²) in [7, 11) is 2.82. The van der Waals surface area contributed by atoms with E-state index in [0.29, 0.717) is 25.4 Å². The van der Waals surface area contributed by atoms with Crippen LogP contribution in [-0.2, 0) is 6.54 Å². The Morgan fingerprint density at radius 1 is 1.10 bits per heavy atom. The first kappa shape index (κ1) is 19.8. The lowest BCUT2D eigenvalue weighted by Gasteiger charge is -2.42. The third-order valence-corrected chi connectivity index (χ3v) is 5.75. The molecule has 2 atom stereocenters. The van der Waals surface area contributed by atoms with E-state index in [2.05, 4.69) is 5.32 Å². The van der Waals surface area contributed by atoms with Crippen LogP contribution in [0.3, 0.4) is 0 Å². The fraction of sp³-hybridized carbons (Fsp3) is 0.381. The predicted octanol–water partition coefficient (Wildman–Crippen LogP) is 0.880. The van der Waals surface area contributed by atoms with Crippen LogP contribution in [0.5, 0.6) is 11.5 Å². The fourth-order valence-corrected chi connectivity index (χ4v) is 4.41. The van der Waals surface area contributed by atoms with Crippen molar-refractivity contribution in [1.29, 1.82) is 0 Å². The first-order valence-corrected chi connectivity index (χ1v) is 9.64. The van der Waals surface area contributed by atoms with Crippen LogP contribution in [0.15, 0.2) is 35.1 Å². The molecule has 2 aliphatic heterocycles. The van der Waals surface area contributed by atoms with E-state index in [-0.39, 0.29) is 34.4 Å². The first-order chi connectivity index (χ1) is 14.4. The third kappa shape index (κ3) is 3.47. The Morgan fingerprint density at radius 3 is 2.53 bits per heavy atom. The Balaban J connectivity index is 1.58. The van der Waals surface area contributed by atoms with Crippen molar-refractivity contribution in [1.82, 2.24) is 9.47 Å². The normalized spacial score (nSPS) is 19.6. The van der Waals surface area contributed by atoms with Crippen molar-refractivity contribution in [3.63, 3.8) is 0 Å². The Hall–Kier alpha value is -3.49. The molecule has 2 bridgehead atoms. The Labute approximate surface area is 172 Å². The largest absolute Gasteiger partial charge is 0.545 e. The highest BCUT2D eigenvalue weighted by atomic mass is 16.5. The van der Waals surface area contributed by atoms with Gasteiger partial charge in [0.2, 0.25) is 0 Å². The Kier molecular flexibility index (Phi) is 5.11. The predicted molar refractivity (Wildman–Crippen MR) is 106 cm³/mol. The molecule has 0 saturated carbocycles. The summed E-state index contributed by atoms with van der Waals surface area (Å²) in [5.41, 5.74) is 0.780. The molecule has 1 saturated heterocycles. The Morgan fingerprint density at radius 2 is 1.83 bits per heavy atom. The van der Waals surface area contributed by atoms with E-state index in [0.717, 1.165) is 12.1 Å². The molecule has 0 aliphatic carbocycles. The van der Waals surface area contributed by atoms with Crippen LogP contribution < -0.4 is 25.5 Å². The number of nitrogens with zero attached hydrogens (tertiary/aromatic N) is 2. The fourth-order valence-electron chi connectivity index (χ4n) is 4.41. The van der Waals surface area contributed by atoms with E-state index >= 15 is 0 Å². The highest BCUT2D eigenvalue weighted by Gasteiger charge is 2.36. The minimum Gasteiger partial charge on any atom is -0.545 e. The van der Waals surface area contributed by atoms with Gasteiger partial charge in [-0.2, -0.15) is 0 Å². The number of fused-ring (bicyclic) bond motifs is 4. The molecule has 30 heavy (non-hydrogen) atoms. The molecule has 0 unspecified atom stereocenters. The number of aromatic nitrogens is 1. The van der Waals surface area contributed by atoms with Crippen LogP contribution in [0, 0.1) is 5.92 Å². The Bertz CT molecular complexity index is 1060. The number of aromatic carboxylic acids is 1. The molecule has 4 rings (SSSR count). The van der Waals surface area contributed by atoms with Crippen LogP contribution in [-0.4, -0.2) is 48.8 Å². The standard InChI is InChI=1S/C21H23N3O6/c1-29-17-7-14(20(26)27)15(8-18(17)30-2)22-21(28)23-9-12-6-13(11-23)16-4-3-5-19(25)24(16)10-12/h3-5,7-8,12-13H,6,9-11H2,1-2H3,(H,22,28)(H,26,27)/p-1/t12-,13-/m1/s1. The van der Waals surface area contributed by atoms with Gasteiger partial charge in [-0.1, -0.05) is 6.07 Å². The summed E-state index contributed by atoms with van der Waals surface area (Å²) in [6.45, 7) is 1.49. The molecule has 2 aromatic rings.